The van der Waals surface area contributed by atoms with Gasteiger partial charge in [0.1, 0.15) is 19.0 Å². The summed E-state index contributed by atoms with van der Waals surface area (Å²) in [6.07, 6.45) is 0. The molecule has 0 aliphatic carbocycles. The Hall–Kier alpha value is -1.76. The van der Waals surface area contributed by atoms with E-state index in [9.17, 15) is 0 Å². The minimum Gasteiger partial charge on any atom is -0.488 e. The lowest BCUT2D eigenvalue weighted by molar-refractivity contribution is 0.309. The molecule has 21 heavy (non-hydrogen) atoms. The van der Waals surface area contributed by atoms with Crippen LogP contribution in [0.15, 0.2) is 30.3 Å². The van der Waals surface area contributed by atoms with Gasteiger partial charge in [-0.15, -0.1) is 11.3 Å². The monoisotopic (exact) mass is 300 g/mol. The highest BCUT2D eigenvalue weighted by molar-refractivity contribution is 7.12. The molecular weight excluding hydrogens is 280 g/mol. The fraction of sp³-hybridized carbons (Fsp3) is 0.333. The van der Waals surface area contributed by atoms with Crippen molar-refractivity contribution in [3.05, 3.63) is 51.2 Å². The highest BCUT2D eigenvalue weighted by Crippen LogP contribution is 2.25. The zero-order valence-corrected chi connectivity index (χ0v) is 13.5. The van der Waals surface area contributed by atoms with Gasteiger partial charge in [-0.3, -0.25) is 0 Å². The molecular formula is C18H20O2S. The minimum atomic E-state index is -0.106. The molecule has 0 saturated carbocycles. The maximum absolute atomic E-state index is 8.68. The molecule has 1 heterocycles. The van der Waals surface area contributed by atoms with E-state index in [2.05, 4.69) is 44.7 Å². The molecule has 1 aromatic heterocycles. The predicted molar refractivity (Wildman–Crippen MR) is 87.9 cm³/mol. The van der Waals surface area contributed by atoms with Gasteiger partial charge in [0.05, 0.1) is 4.88 Å². The van der Waals surface area contributed by atoms with E-state index in [0.717, 1.165) is 15.5 Å². The molecule has 0 aliphatic heterocycles. The van der Waals surface area contributed by atoms with Crippen molar-refractivity contribution in [2.75, 3.05) is 6.61 Å². The fourth-order valence-electron chi connectivity index (χ4n) is 2.19. The molecule has 1 aromatic carbocycles. The molecule has 2 nitrogen and oxygen atoms in total. The van der Waals surface area contributed by atoms with Gasteiger partial charge >= 0.3 is 0 Å². The van der Waals surface area contributed by atoms with Gasteiger partial charge in [-0.05, 0) is 48.2 Å². The highest BCUT2D eigenvalue weighted by atomic mass is 32.1. The Morgan fingerprint density at radius 2 is 2.05 bits per heavy atom. The number of aliphatic hydroxyl groups excluding tert-OH is 1. The number of ether oxygens (including phenoxy) is 1. The first-order valence-electron chi connectivity index (χ1n) is 7.02. The van der Waals surface area contributed by atoms with E-state index in [1.165, 1.54) is 11.1 Å². The van der Waals surface area contributed by atoms with Crippen LogP contribution in [0.25, 0.3) is 0 Å². The van der Waals surface area contributed by atoms with Crippen LogP contribution < -0.4 is 4.74 Å². The van der Waals surface area contributed by atoms with Crippen LogP contribution in [0.2, 0.25) is 0 Å². The summed E-state index contributed by atoms with van der Waals surface area (Å²) in [7, 11) is 0. The number of thiophene rings is 1. The van der Waals surface area contributed by atoms with Gasteiger partial charge in [0, 0.05) is 4.88 Å². The number of hydrogen-bond acceptors (Lipinski definition) is 3. The van der Waals surface area contributed by atoms with Crippen LogP contribution in [0, 0.1) is 18.8 Å². The van der Waals surface area contributed by atoms with Crippen LogP contribution in [0.1, 0.15) is 40.6 Å². The zero-order valence-electron chi connectivity index (χ0n) is 12.6. The average molecular weight is 300 g/mol. The van der Waals surface area contributed by atoms with Gasteiger partial charge in [0.25, 0.3) is 0 Å². The van der Waals surface area contributed by atoms with Gasteiger partial charge < -0.3 is 9.84 Å². The van der Waals surface area contributed by atoms with Gasteiger partial charge in [-0.1, -0.05) is 31.8 Å². The van der Waals surface area contributed by atoms with Crippen LogP contribution in [-0.2, 0) is 6.61 Å². The second-order valence-electron chi connectivity index (χ2n) is 5.19. The molecule has 0 spiro atoms. The van der Waals surface area contributed by atoms with Gasteiger partial charge in [0.15, 0.2) is 0 Å². The molecule has 1 N–H and O–H groups in total. The van der Waals surface area contributed by atoms with Crippen molar-refractivity contribution in [2.45, 2.75) is 33.3 Å². The lowest BCUT2D eigenvalue weighted by Crippen LogP contribution is -1.96. The van der Waals surface area contributed by atoms with E-state index >= 15 is 0 Å². The second-order valence-corrected chi connectivity index (χ2v) is 6.36. The first kappa shape index (κ1) is 15.6. The fourth-order valence-corrected chi connectivity index (χ4v) is 2.99. The van der Waals surface area contributed by atoms with Crippen LogP contribution >= 0.6 is 11.3 Å². The van der Waals surface area contributed by atoms with E-state index in [-0.39, 0.29) is 6.61 Å². The Bertz CT molecular complexity index is 659. The van der Waals surface area contributed by atoms with Gasteiger partial charge in [0.2, 0.25) is 0 Å². The number of aliphatic hydroxyl groups is 1. The standard InChI is InChI=1S/C18H20O2S/c1-13(2)18-9-6-15(11-14(18)3)20-12-17-8-7-16(21-17)5-4-10-19/h6-9,11,13,19H,10,12H2,1-3H3. The number of benzene rings is 1. The van der Waals surface area contributed by atoms with Gasteiger partial charge in [-0.25, -0.2) is 0 Å². The molecule has 0 fully saturated rings. The van der Waals surface area contributed by atoms with E-state index < -0.39 is 0 Å². The molecule has 0 unspecified atom stereocenters. The van der Waals surface area contributed by atoms with Crippen LogP contribution in [0.5, 0.6) is 5.75 Å². The van der Waals surface area contributed by atoms with Crippen molar-refractivity contribution in [1.29, 1.82) is 0 Å². The molecule has 2 rings (SSSR count). The van der Waals surface area contributed by atoms with Crippen molar-refractivity contribution >= 4 is 11.3 Å². The molecule has 0 bridgehead atoms. The predicted octanol–water partition coefficient (Wildman–Crippen LogP) is 4.10. The Labute approximate surface area is 130 Å². The summed E-state index contributed by atoms with van der Waals surface area (Å²) in [6, 6.07) is 10.2. The first-order valence-corrected chi connectivity index (χ1v) is 7.83. The van der Waals surface area contributed by atoms with Crippen molar-refractivity contribution < 1.29 is 9.84 Å². The summed E-state index contributed by atoms with van der Waals surface area (Å²) in [5.74, 6) is 6.98. The van der Waals surface area contributed by atoms with Crippen molar-refractivity contribution in [3.63, 3.8) is 0 Å². The summed E-state index contributed by atoms with van der Waals surface area (Å²) in [6.45, 7) is 6.96. The Kier molecular flexibility index (Phi) is 5.44. The molecule has 3 heteroatoms. The number of hydrogen-bond donors (Lipinski definition) is 1. The quantitative estimate of drug-likeness (QED) is 0.861. The van der Waals surface area contributed by atoms with Crippen molar-refractivity contribution in [2.24, 2.45) is 0 Å². The summed E-state index contributed by atoms with van der Waals surface area (Å²) in [5, 5.41) is 8.68. The largest absolute Gasteiger partial charge is 0.488 e. The normalized spacial score (nSPS) is 10.3. The van der Waals surface area contributed by atoms with Gasteiger partial charge in [-0.2, -0.15) is 0 Å². The van der Waals surface area contributed by atoms with E-state index in [4.69, 9.17) is 9.84 Å². The average Bonchev–Trinajstić information content (AvgIpc) is 2.90. The van der Waals surface area contributed by atoms with Crippen LogP contribution in [-0.4, -0.2) is 11.7 Å². The van der Waals surface area contributed by atoms with Crippen molar-refractivity contribution in [3.8, 4) is 17.6 Å². The van der Waals surface area contributed by atoms with E-state index in [0.29, 0.717) is 12.5 Å². The Balaban J connectivity index is 2.00. The van der Waals surface area contributed by atoms with E-state index in [1.54, 1.807) is 11.3 Å². The molecule has 2 aromatic rings. The summed E-state index contributed by atoms with van der Waals surface area (Å²) >= 11 is 1.59. The van der Waals surface area contributed by atoms with Crippen LogP contribution in [0.4, 0.5) is 0 Å². The first-order chi connectivity index (χ1) is 10.1. The van der Waals surface area contributed by atoms with E-state index in [1.807, 2.05) is 18.2 Å². The third-order valence-corrected chi connectivity index (χ3v) is 4.17. The summed E-state index contributed by atoms with van der Waals surface area (Å²) in [5.41, 5.74) is 2.63. The third-order valence-electron chi connectivity index (χ3n) is 3.20. The Morgan fingerprint density at radius 1 is 1.24 bits per heavy atom. The SMILES string of the molecule is Cc1cc(OCc2ccc(C#CCO)s2)ccc1C(C)C. The smallest absolute Gasteiger partial charge is 0.122 e. The summed E-state index contributed by atoms with van der Waals surface area (Å²) in [4.78, 5) is 2.08. The summed E-state index contributed by atoms with van der Waals surface area (Å²) < 4.78 is 5.84. The zero-order chi connectivity index (χ0) is 15.2. The lowest BCUT2D eigenvalue weighted by Gasteiger charge is -2.12. The minimum absolute atomic E-state index is 0.106. The molecule has 0 atom stereocenters. The topological polar surface area (TPSA) is 29.5 Å². The van der Waals surface area contributed by atoms with Crippen molar-refractivity contribution in [1.82, 2.24) is 0 Å². The third kappa shape index (κ3) is 4.35. The molecule has 0 amide bonds. The highest BCUT2D eigenvalue weighted by Gasteiger charge is 2.05. The second kappa shape index (κ2) is 7.31. The molecule has 0 aliphatic rings. The maximum atomic E-state index is 8.68. The van der Waals surface area contributed by atoms with Crippen LogP contribution in [0.3, 0.4) is 0 Å². The molecule has 0 saturated heterocycles. The number of aryl methyl sites for hydroxylation is 1. The molecule has 110 valence electrons. The Morgan fingerprint density at radius 3 is 2.71 bits per heavy atom. The number of rotatable bonds is 4. The maximum Gasteiger partial charge on any atom is 0.122 e. The lowest BCUT2D eigenvalue weighted by atomic mass is 9.98. The molecule has 0 radical (unpaired) electrons.